The predicted octanol–water partition coefficient (Wildman–Crippen LogP) is 1.71. The van der Waals surface area contributed by atoms with Gasteiger partial charge in [0.15, 0.2) is 6.61 Å². The van der Waals surface area contributed by atoms with E-state index in [9.17, 15) is 18.3 Å². The van der Waals surface area contributed by atoms with Gasteiger partial charge in [-0.05, 0) is 55.6 Å². The molecule has 2 aliphatic heterocycles. The first-order chi connectivity index (χ1) is 18.3. The van der Waals surface area contributed by atoms with Crippen molar-refractivity contribution in [3.63, 3.8) is 0 Å². The minimum atomic E-state index is -3.78. The Bertz CT molecular complexity index is 1170. The van der Waals surface area contributed by atoms with Gasteiger partial charge in [0.2, 0.25) is 10.0 Å². The van der Waals surface area contributed by atoms with Crippen LogP contribution in [0.5, 0.6) is 5.75 Å². The summed E-state index contributed by atoms with van der Waals surface area (Å²) in [6, 6.07) is 14.7. The molecular formula is C28H40N4O5S. The van der Waals surface area contributed by atoms with Crippen molar-refractivity contribution in [3.8, 4) is 5.75 Å². The quantitative estimate of drug-likeness (QED) is 0.419. The monoisotopic (exact) mass is 544 g/mol. The first-order valence-electron chi connectivity index (χ1n) is 13.5. The SMILES string of the molecule is CN(CCN1CCCCC1)S(=O)(=O)c1ccccc1OCC(=O)NC[C@@H](O)CN1CCc2ccccc2C1. The Morgan fingerprint density at radius 3 is 2.53 bits per heavy atom. The number of para-hydroxylation sites is 1. The molecule has 208 valence electrons. The second kappa shape index (κ2) is 13.5. The van der Waals surface area contributed by atoms with Crippen molar-refractivity contribution in [2.24, 2.45) is 0 Å². The maximum absolute atomic E-state index is 13.2. The van der Waals surface area contributed by atoms with Gasteiger partial charge in [0, 0.05) is 46.3 Å². The molecule has 10 heteroatoms. The van der Waals surface area contributed by atoms with Crippen molar-refractivity contribution in [1.29, 1.82) is 0 Å². The van der Waals surface area contributed by atoms with E-state index in [-0.39, 0.29) is 23.8 Å². The Morgan fingerprint density at radius 1 is 1.03 bits per heavy atom. The fraction of sp³-hybridized carbons (Fsp3) is 0.536. The van der Waals surface area contributed by atoms with E-state index in [0.717, 1.165) is 45.4 Å². The van der Waals surface area contributed by atoms with Crippen molar-refractivity contribution in [1.82, 2.24) is 19.4 Å². The number of aliphatic hydroxyl groups is 1. The Labute approximate surface area is 226 Å². The number of nitrogens with one attached hydrogen (secondary N) is 1. The highest BCUT2D eigenvalue weighted by molar-refractivity contribution is 7.89. The van der Waals surface area contributed by atoms with E-state index in [4.69, 9.17) is 4.74 Å². The molecule has 0 bridgehead atoms. The van der Waals surface area contributed by atoms with Crippen LogP contribution < -0.4 is 10.1 Å². The predicted molar refractivity (Wildman–Crippen MR) is 146 cm³/mol. The molecule has 2 heterocycles. The number of sulfonamides is 1. The second-order valence-electron chi connectivity index (χ2n) is 10.2. The van der Waals surface area contributed by atoms with Crippen molar-refractivity contribution in [3.05, 3.63) is 59.7 Å². The van der Waals surface area contributed by atoms with Crippen molar-refractivity contribution >= 4 is 15.9 Å². The number of aliphatic hydroxyl groups excluding tert-OH is 1. The number of hydrogen-bond acceptors (Lipinski definition) is 7. The van der Waals surface area contributed by atoms with Crippen LogP contribution in [-0.2, 0) is 27.8 Å². The number of benzene rings is 2. The normalized spacial score (nSPS) is 17.7. The average molecular weight is 545 g/mol. The molecule has 2 aromatic rings. The first-order valence-corrected chi connectivity index (χ1v) is 14.9. The summed E-state index contributed by atoms with van der Waals surface area (Å²) in [5.74, 6) is -0.279. The van der Waals surface area contributed by atoms with Crippen LogP contribution >= 0.6 is 0 Å². The lowest BCUT2D eigenvalue weighted by Gasteiger charge is -2.30. The summed E-state index contributed by atoms with van der Waals surface area (Å²) < 4.78 is 33.5. The minimum Gasteiger partial charge on any atom is -0.482 e. The molecule has 0 radical (unpaired) electrons. The van der Waals surface area contributed by atoms with E-state index in [1.807, 2.05) is 12.1 Å². The lowest BCUT2D eigenvalue weighted by molar-refractivity contribution is -0.123. The average Bonchev–Trinajstić information content (AvgIpc) is 2.94. The zero-order valence-corrected chi connectivity index (χ0v) is 23.0. The molecule has 2 aromatic carbocycles. The molecule has 1 fully saturated rings. The third-order valence-electron chi connectivity index (χ3n) is 7.29. The molecule has 1 amide bonds. The van der Waals surface area contributed by atoms with Crippen LogP contribution in [-0.4, -0.2) is 99.1 Å². The maximum atomic E-state index is 13.2. The topological polar surface area (TPSA) is 102 Å². The van der Waals surface area contributed by atoms with Crippen LogP contribution in [0.25, 0.3) is 0 Å². The van der Waals surface area contributed by atoms with Crippen LogP contribution in [0, 0.1) is 0 Å². The number of piperidine rings is 1. The summed E-state index contributed by atoms with van der Waals surface area (Å²) in [7, 11) is -2.20. The lowest BCUT2D eigenvalue weighted by atomic mass is 10.00. The minimum absolute atomic E-state index is 0.0411. The maximum Gasteiger partial charge on any atom is 0.258 e. The molecule has 38 heavy (non-hydrogen) atoms. The van der Waals surface area contributed by atoms with E-state index in [2.05, 4.69) is 27.2 Å². The molecule has 1 saturated heterocycles. The summed E-state index contributed by atoms with van der Waals surface area (Å²) in [4.78, 5) is 16.9. The third-order valence-corrected chi connectivity index (χ3v) is 9.19. The summed E-state index contributed by atoms with van der Waals surface area (Å²) in [5, 5.41) is 13.1. The number of nitrogens with zero attached hydrogens (tertiary/aromatic N) is 3. The summed E-state index contributed by atoms with van der Waals surface area (Å²) in [5.41, 5.74) is 2.62. The number of β-amino-alcohol motifs (C(OH)–C–C–N with tert-alkyl or cyclic N) is 1. The standard InChI is InChI=1S/C28H40N4O5S/c1-30(17-18-31-14-7-2-8-15-31)38(35,36)27-12-6-5-11-26(27)37-22-28(34)29-19-25(33)21-32-16-13-23-9-3-4-10-24(23)20-32/h3-6,9-12,25,33H,2,7-8,13-22H2,1H3,(H,29,34)/t25-/m1/s1. The van der Waals surface area contributed by atoms with Gasteiger partial charge < -0.3 is 20.1 Å². The van der Waals surface area contributed by atoms with Gasteiger partial charge in [-0.3, -0.25) is 9.69 Å². The van der Waals surface area contributed by atoms with Crippen molar-refractivity contribution in [2.75, 3.05) is 59.5 Å². The molecule has 0 spiro atoms. The number of carbonyl (C=O) groups is 1. The summed E-state index contributed by atoms with van der Waals surface area (Å²) in [6.45, 7) is 4.94. The number of likely N-dealkylation sites (tertiary alicyclic amines) is 1. The van der Waals surface area contributed by atoms with Gasteiger partial charge in [-0.15, -0.1) is 0 Å². The molecule has 0 unspecified atom stereocenters. The van der Waals surface area contributed by atoms with Crippen LogP contribution in [0.2, 0.25) is 0 Å². The first kappa shape index (κ1) is 28.5. The Balaban J connectivity index is 1.23. The van der Waals surface area contributed by atoms with Gasteiger partial charge in [0.05, 0.1) is 6.10 Å². The number of ether oxygens (including phenoxy) is 1. The zero-order valence-electron chi connectivity index (χ0n) is 22.2. The number of hydrogen-bond donors (Lipinski definition) is 2. The van der Waals surface area contributed by atoms with Crippen LogP contribution in [0.3, 0.4) is 0 Å². The van der Waals surface area contributed by atoms with Crippen LogP contribution in [0.4, 0.5) is 0 Å². The Hall–Kier alpha value is -2.50. The highest BCUT2D eigenvalue weighted by Crippen LogP contribution is 2.26. The van der Waals surface area contributed by atoms with Gasteiger partial charge in [0.1, 0.15) is 10.6 Å². The number of rotatable bonds is 12. The molecule has 2 aliphatic rings. The molecule has 0 aromatic heterocycles. The van der Waals surface area contributed by atoms with E-state index >= 15 is 0 Å². The molecule has 0 aliphatic carbocycles. The fourth-order valence-corrected chi connectivity index (χ4v) is 6.32. The van der Waals surface area contributed by atoms with Crippen molar-refractivity contribution < 1.29 is 23.1 Å². The van der Waals surface area contributed by atoms with Gasteiger partial charge >= 0.3 is 0 Å². The highest BCUT2D eigenvalue weighted by Gasteiger charge is 2.26. The molecule has 2 N–H and O–H groups in total. The Kier molecular flexibility index (Phi) is 10.1. The second-order valence-corrected chi connectivity index (χ2v) is 12.2. The fourth-order valence-electron chi connectivity index (χ4n) is 5.03. The largest absolute Gasteiger partial charge is 0.482 e. The van der Waals surface area contributed by atoms with Gasteiger partial charge in [-0.1, -0.05) is 42.8 Å². The summed E-state index contributed by atoms with van der Waals surface area (Å²) >= 11 is 0. The molecule has 4 rings (SSSR count). The number of carbonyl (C=O) groups excluding carboxylic acids is 1. The number of amides is 1. The van der Waals surface area contributed by atoms with Crippen LogP contribution in [0.15, 0.2) is 53.4 Å². The van der Waals surface area contributed by atoms with Crippen molar-refractivity contribution in [2.45, 2.75) is 43.2 Å². The van der Waals surface area contributed by atoms with Gasteiger partial charge in [0.25, 0.3) is 5.91 Å². The van der Waals surface area contributed by atoms with Gasteiger partial charge in [-0.25, -0.2) is 8.42 Å². The summed E-state index contributed by atoms with van der Waals surface area (Å²) in [6.07, 6.45) is 3.76. The number of likely N-dealkylation sites (N-methyl/N-ethyl adjacent to an activating group) is 1. The van der Waals surface area contributed by atoms with Crippen LogP contribution in [0.1, 0.15) is 30.4 Å². The van der Waals surface area contributed by atoms with Gasteiger partial charge in [-0.2, -0.15) is 4.31 Å². The molecule has 0 saturated carbocycles. The Morgan fingerprint density at radius 2 is 1.74 bits per heavy atom. The van der Waals surface area contributed by atoms with E-state index < -0.39 is 22.0 Å². The molecule has 9 nitrogen and oxygen atoms in total. The zero-order chi connectivity index (χ0) is 27.0. The van der Waals surface area contributed by atoms with E-state index in [1.165, 1.54) is 27.9 Å². The highest BCUT2D eigenvalue weighted by atomic mass is 32.2. The lowest BCUT2D eigenvalue weighted by Crippen LogP contribution is -2.43. The smallest absolute Gasteiger partial charge is 0.258 e. The number of fused-ring (bicyclic) bond motifs is 1. The van der Waals surface area contributed by atoms with E-state index in [0.29, 0.717) is 19.6 Å². The molecular weight excluding hydrogens is 504 g/mol. The van der Waals surface area contributed by atoms with E-state index in [1.54, 1.807) is 25.2 Å². The molecule has 1 atom stereocenters. The third kappa shape index (κ3) is 7.77.